The molecule has 5 heteroatoms. The molecule has 19 heavy (non-hydrogen) atoms. The molecule has 1 N–H and O–H groups in total. The van der Waals surface area contributed by atoms with E-state index in [2.05, 4.69) is 17.3 Å². The van der Waals surface area contributed by atoms with Crippen molar-refractivity contribution in [2.45, 2.75) is 32.7 Å². The highest BCUT2D eigenvalue weighted by molar-refractivity contribution is 6.04. The van der Waals surface area contributed by atoms with E-state index >= 15 is 0 Å². The van der Waals surface area contributed by atoms with Crippen LogP contribution in [0.3, 0.4) is 0 Å². The second kappa shape index (κ2) is 5.65. The Balaban J connectivity index is 2.09. The van der Waals surface area contributed by atoms with Gasteiger partial charge in [0, 0.05) is 0 Å². The lowest BCUT2D eigenvalue weighted by molar-refractivity contribution is -0.127. The molecule has 2 rings (SSSR count). The van der Waals surface area contributed by atoms with Gasteiger partial charge in [-0.1, -0.05) is 38.1 Å². The van der Waals surface area contributed by atoms with E-state index in [0.717, 1.165) is 17.0 Å². The van der Waals surface area contributed by atoms with Gasteiger partial charge in [-0.05, 0) is 24.0 Å². The average molecular weight is 259 g/mol. The summed E-state index contributed by atoms with van der Waals surface area (Å²) in [5.41, 5.74) is 2.09. The molecule has 5 nitrogen and oxygen atoms in total. The third-order valence-electron chi connectivity index (χ3n) is 3.12. The highest BCUT2D eigenvalue weighted by Gasteiger charge is 2.36. The number of nitrogens with one attached hydrogen (secondary N) is 1. The number of rotatable bonds is 4. The Labute approximate surface area is 112 Å². The van der Waals surface area contributed by atoms with Gasteiger partial charge < -0.3 is 5.32 Å². The normalized spacial score (nSPS) is 19.3. The first-order valence-electron chi connectivity index (χ1n) is 6.43. The number of amides is 3. The second-order valence-electron chi connectivity index (χ2n) is 4.40. The number of hydrazone groups is 1. The molecular formula is C14H17N3O2. The Bertz CT molecular complexity index is 508. The Morgan fingerprint density at radius 3 is 2.47 bits per heavy atom. The van der Waals surface area contributed by atoms with Crippen LogP contribution in [-0.2, 0) is 11.2 Å². The summed E-state index contributed by atoms with van der Waals surface area (Å²) < 4.78 is 0. The molecule has 1 aromatic rings. The van der Waals surface area contributed by atoms with Gasteiger partial charge in [0.2, 0.25) is 0 Å². The lowest BCUT2D eigenvalue weighted by atomic mass is 10.1. The first-order chi connectivity index (χ1) is 9.15. The van der Waals surface area contributed by atoms with Gasteiger partial charge in [-0.3, -0.25) is 4.79 Å². The van der Waals surface area contributed by atoms with Crippen LogP contribution in [-0.4, -0.2) is 29.2 Å². The molecule has 0 bridgehead atoms. The molecule has 1 fully saturated rings. The smallest absolute Gasteiger partial charge is 0.324 e. The number of hydrogen-bond donors (Lipinski definition) is 1. The molecule has 100 valence electrons. The lowest BCUT2D eigenvalue weighted by Gasteiger charge is -2.04. The van der Waals surface area contributed by atoms with Crippen molar-refractivity contribution in [2.24, 2.45) is 5.10 Å². The van der Waals surface area contributed by atoms with Crippen LogP contribution in [0.5, 0.6) is 0 Å². The molecule has 0 aliphatic carbocycles. The van der Waals surface area contributed by atoms with E-state index in [9.17, 15) is 9.59 Å². The van der Waals surface area contributed by atoms with E-state index < -0.39 is 12.1 Å². The Hall–Kier alpha value is -2.17. The number of aryl methyl sites for hydroxylation is 1. The summed E-state index contributed by atoms with van der Waals surface area (Å²) in [5, 5.41) is 7.43. The second-order valence-corrected chi connectivity index (χ2v) is 4.40. The van der Waals surface area contributed by atoms with Gasteiger partial charge in [0.1, 0.15) is 6.04 Å². The van der Waals surface area contributed by atoms with Gasteiger partial charge in [-0.2, -0.15) is 5.10 Å². The molecule has 1 aliphatic rings. The van der Waals surface area contributed by atoms with Crippen molar-refractivity contribution in [3.63, 3.8) is 0 Å². The molecule has 0 radical (unpaired) electrons. The maximum atomic E-state index is 11.8. The van der Waals surface area contributed by atoms with Crippen LogP contribution < -0.4 is 5.32 Å². The van der Waals surface area contributed by atoms with Crippen molar-refractivity contribution in [1.82, 2.24) is 10.3 Å². The molecular weight excluding hydrogens is 242 g/mol. The van der Waals surface area contributed by atoms with Gasteiger partial charge in [-0.15, -0.1) is 5.01 Å². The van der Waals surface area contributed by atoms with Crippen LogP contribution in [0.2, 0.25) is 0 Å². The highest BCUT2D eigenvalue weighted by atomic mass is 16.2. The molecule has 1 heterocycles. The van der Waals surface area contributed by atoms with Crippen molar-refractivity contribution < 1.29 is 9.59 Å². The third kappa shape index (κ3) is 2.81. The molecule has 1 unspecified atom stereocenters. The molecule has 0 aromatic heterocycles. The van der Waals surface area contributed by atoms with E-state index in [1.165, 1.54) is 11.8 Å². The number of carbonyl (C=O) groups is 2. The molecule has 1 saturated heterocycles. The van der Waals surface area contributed by atoms with Crippen LogP contribution >= 0.6 is 0 Å². The fourth-order valence-electron chi connectivity index (χ4n) is 1.87. The molecule has 0 saturated carbocycles. The number of nitrogens with zero attached hydrogens (tertiary/aromatic N) is 2. The molecule has 1 atom stereocenters. The SMILES string of the molecule is CCc1ccc(C=NN2C(=O)NC(CC)C2=O)cc1. The van der Waals surface area contributed by atoms with Crippen LogP contribution in [0.1, 0.15) is 31.4 Å². The van der Waals surface area contributed by atoms with Crippen LogP contribution in [0.4, 0.5) is 4.79 Å². The number of urea groups is 1. The van der Waals surface area contributed by atoms with Crippen molar-refractivity contribution >= 4 is 18.2 Å². The molecule has 0 spiro atoms. The number of benzene rings is 1. The third-order valence-corrected chi connectivity index (χ3v) is 3.12. The summed E-state index contributed by atoms with van der Waals surface area (Å²) in [6.45, 7) is 3.93. The molecule has 1 aliphatic heterocycles. The number of imide groups is 1. The van der Waals surface area contributed by atoms with Crippen LogP contribution in [0.15, 0.2) is 29.4 Å². The average Bonchev–Trinajstić information content (AvgIpc) is 2.72. The maximum absolute atomic E-state index is 11.8. The minimum Gasteiger partial charge on any atom is -0.324 e. The van der Waals surface area contributed by atoms with Gasteiger partial charge in [0.05, 0.1) is 6.21 Å². The van der Waals surface area contributed by atoms with Crippen molar-refractivity contribution in [1.29, 1.82) is 0 Å². The van der Waals surface area contributed by atoms with Crippen molar-refractivity contribution in [3.05, 3.63) is 35.4 Å². The van der Waals surface area contributed by atoms with Gasteiger partial charge in [0.25, 0.3) is 5.91 Å². The Morgan fingerprint density at radius 2 is 1.95 bits per heavy atom. The summed E-state index contributed by atoms with van der Waals surface area (Å²) >= 11 is 0. The summed E-state index contributed by atoms with van der Waals surface area (Å²) in [6, 6.07) is 6.92. The number of hydrogen-bond acceptors (Lipinski definition) is 3. The first-order valence-corrected chi connectivity index (χ1v) is 6.43. The fraction of sp³-hybridized carbons (Fsp3) is 0.357. The molecule has 3 amide bonds. The Morgan fingerprint density at radius 1 is 1.26 bits per heavy atom. The van der Waals surface area contributed by atoms with E-state index in [1.54, 1.807) is 0 Å². The van der Waals surface area contributed by atoms with Gasteiger partial charge in [-0.25, -0.2) is 4.79 Å². The maximum Gasteiger partial charge on any atom is 0.345 e. The highest BCUT2D eigenvalue weighted by Crippen LogP contribution is 2.10. The van der Waals surface area contributed by atoms with Crippen molar-refractivity contribution in [3.8, 4) is 0 Å². The van der Waals surface area contributed by atoms with E-state index in [-0.39, 0.29) is 5.91 Å². The topological polar surface area (TPSA) is 61.8 Å². The van der Waals surface area contributed by atoms with Gasteiger partial charge >= 0.3 is 6.03 Å². The van der Waals surface area contributed by atoms with Crippen LogP contribution in [0.25, 0.3) is 0 Å². The Kier molecular flexibility index (Phi) is 3.94. The summed E-state index contributed by atoms with van der Waals surface area (Å²) in [7, 11) is 0. The summed E-state index contributed by atoms with van der Waals surface area (Å²) in [5.74, 6) is -0.297. The summed E-state index contributed by atoms with van der Waals surface area (Å²) in [4.78, 5) is 23.4. The van der Waals surface area contributed by atoms with Crippen molar-refractivity contribution in [2.75, 3.05) is 0 Å². The summed E-state index contributed by atoms with van der Waals surface area (Å²) in [6.07, 6.45) is 3.07. The minimum atomic E-state index is -0.460. The first kappa shape index (κ1) is 13.3. The van der Waals surface area contributed by atoms with E-state index in [0.29, 0.717) is 6.42 Å². The van der Waals surface area contributed by atoms with Crippen LogP contribution in [0, 0.1) is 0 Å². The monoisotopic (exact) mass is 259 g/mol. The minimum absolute atomic E-state index is 0.297. The zero-order valence-corrected chi connectivity index (χ0v) is 11.1. The zero-order valence-electron chi connectivity index (χ0n) is 11.1. The van der Waals surface area contributed by atoms with E-state index in [4.69, 9.17) is 0 Å². The zero-order chi connectivity index (χ0) is 13.8. The lowest BCUT2D eigenvalue weighted by Crippen LogP contribution is -2.27. The predicted molar refractivity (Wildman–Crippen MR) is 72.9 cm³/mol. The predicted octanol–water partition coefficient (Wildman–Crippen LogP) is 1.91. The number of carbonyl (C=O) groups excluding carboxylic acids is 2. The van der Waals surface area contributed by atoms with E-state index in [1.807, 2.05) is 31.2 Å². The fourth-order valence-corrected chi connectivity index (χ4v) is 1.87. The van der Waals surface area contributed by atoms with Gasteiger partial charge in [0.15, 0.2) is 0 Å². The largest absolute Gasteiger partial charge is 0.345 e. The molecule has 1 aromatic carbocycles. The standard InChI is InChI=1S/C14H17N3O2/c1-3-10-5-7-11(8-6-10)9-15-17-13(18)12(4-2)16-14(17)19/h5-9,12H,3-4H2,1-2H3,(H,16,19). The quantitative estimate of drug-likeness (QED) is 0.663.